The molecule has 0 saturated heterocycles. The molecule has 6 nitrogen and oxygen atoms in total. The fourth-order valence-corrected chi connectivity index (χ4v) is 2.51. The maximum atomic E-state index is 12.5. The zero-order valence-electron chi connectivity index (χ0n) is 15.6. The number of benzene rings is 1. The van der Waals surface area contributed by atoms with Crippen molar-refractivity contribution in [2.24, 2.45) is 0 Å². The maximum absolute atomic E-state index is 12.5. The van der Waals surface area contributed by atoms with Gasteiger partial charge in [0.15, 0.2) is 6.61 Å². The topological polar surface area (TPSA) is 75.7 Å². The fraction of sp³-hybridized carbons (Fsp3) is 0.500. The minimum Gasteiger partial charge on any atom is -0.454 e. The minimum absolute atomic E-state index is 0.0299. The van der Waals surface area contributed by atoms with Crippen molar-refractivity contribution in [1.82, 2.24) is 10.2 Å². The van der Waals surface area contributed by atoms with Crippen LogP contribution in [0.4, 0.5) is 13.2 Å². The molecular weight excluding hydrogens is 365 g/mol. The van der Waals surface area contributed by atoms with Crippen LogP contribution in [0.5, 0.6) is 0 Å². The van der Waals surface area contributed by atoms with Crippen LogP contribution in [0.25, 0.3) is 0 Å². The largest absolute Gasteiger partial charge is 0.454 e. The summed E-state index contributed by atoms with van der Waals surface area (Å²) in [5.74, 6) is -1.91. The fourth-order valence-electron chi connectivity index (χ4n) is 2.51. The van der Waals surface area contributed by atoms with Crippen LogP contribution in [0.2, 0.25) is 0 Å². The summed E-state index contributed by atoms with van der Waals surface area (Å²) in [4.78, 5) is 37.2. The van der Waals surface area contributed by atoms with E-state index in [9.17, 15) is 27.6 Å². The van der Waals surface area contributed by atoms with Crippen LogP contribution in [0.3, 0.4) is 0 Å². The molecule has 9 heteroatoms. The number of nitrogens with zero attached hydrogens (tertiary/aromatic N) is 1. The molecule has 27 heavy (non-hydrogen) atoms. The number of alkyl halides is 3. The SMILES string of the molecule is CC(C)N(C(=O)COC(=O)CNC(=O)c1ccc(C(F)(F)F)cc1)C(C)C. The van der Waals surface area contributed by atoms with E-state index in [4.69, 9.17) is 4.74 Å². The zero-order chi connectivity index (χ0) is 20.8. The van der Waals surface area contributed by atoms with Crippen molar-refractivity contribution >= 4 is 17.8 Å². The zero-order valence-corrected chi connectivity index (χ0v) is 15.6. The number of ether oxygens (including phenoxy) is 1. The molecule has 1 N–H and O–H groups in total. The van der Waals surface area contributed by atoms with Gasteiger partial charge in [-0.1, -0.05) is 0 Å². The molecule has 0 aliphatic heterocycles. The molecule has 0 radical (unpaired) electrons. The number of rotatable bonds is 7. The van der Waals surface area contributed by atoms with Crippen molar-refractivity contribution < 1.29 is 32.3 Å². The first-order valence-corrected chi connectivity index (χ1v) is 8.35. The average molecular weight is 388 g/mol. The molecule has 0 unspecified atom stereocenters. The summed E-state index contributed by atoms with van der Waals surface area (Å²) in [6.07, 6.45) is -4.49. The molecular formula is C18H23F3N2O4. The van der Waals surface area contributed by atoms with Gasteiger partial charge >= 0.3 is 12.1 Å². The lowest BCUT2D eigenvalue weighted by atomic mass is 10.1. The normalized spacial score (nSPS) is 11.4. The maximum Gasteiger partial charge on any atom is 0.416 e. The van der Waals surface area contributed by atoms with Gasteiger partial charge in [0.1, 0.15) is 6.54 Å². The Hall–Kier alpha value is -2.58. The summed E-state index contributed by atoms with van der Waals surface area (Å²) in [7, 11) is 0. The lowest BCUT2D eigenvalue weighted by molar-refractivity contribution is -0.152. The second kappa shape index (κ2) is 9.38. The second-order valence-electron chi connectivity index (χ2n) is 6.41. The van der Waals surface area contributed by atoms with E-state index in [-0.39, 0.29) is 23.6 Å². The molecule has 0 bridgehead atoms. The second-order valence-corrected chi connectivity index (χ2v) is 6.41. The summed E-state index contributed by atoms with van der Waals surface area (Å²) in [5, 5.41) is 2.24. The Morgan fingerprint density at radius 1 is 1.04 bits per heavy atom. The van der Waals surface area contributed by atoms with E-state index in [0.717, 1.165) is 24.3 Å². The highest BCUT2D eigenvalue weighted by molar-refractivity contribution is 5.96. The van der Waals surface area contributed by atoms with Crippen molar-refractivity contribution in [2.45, 2.75) is 46.0 Å². The highest BCUT2D eigenvalue weighted by Crippen LogP contribution is 2.29. The van der Waals surface area contributed by atoms with E-state index in [1.165, 1.54) is 0 Å². The Morgan fingerprint density at radius 3 is 2.00 bits per heavy atom. The Labute approximate surface area is 155 Å². The average Bonchev–Trinajstić information content (AvgIpc) is 2.56. The van der Waals surface area contributed by atoms with Gasteiger partial charge in [-0.3, -0.25) is 14.4 Å². The van der Waals surface area contributed by atoms with E-state index in [1.54, 1.807) is 4.90 Å². The monoisotopic (exact) mass is 388 g/mol. The first-order valence-electron chi connectivity index (χ1n) is 8.35. The number of carbonyl (C=O) groups excluding carboxylic acids is 3. The molecule has 0 spiro atoms. The smallest absolute Gasteiger partial charge is 0.416 e. The van der Waals surface area contributed by atoms with E-state index in [1.807, 2.05) is 27.7 Å². The summed E-state index contributed by atoms with van der Waals surface area (Å²) in [6.45, 7) is 6.39. The standard InChI is InChI=1S/C18H23F3N2O4/c1-11(2)23(12(3)4)15(24)10-27-16(25)9-22-17(26)13-5-7-14(8-6-13)18(19,20)21/h5-8,11-12H,9-10H2,1-4H3,(H,22,26). The number of carbonyl (C=O) groups is 3. The van der Waals surface area contributed by atoms with E-state index >= 15 is 0 Å². The number of nitrogens with one attached hydrogen (secondary N) is 1. The number of amides is 2. The van der Waals surface area contributed by atoms with Crippen LogP contribution >= 0.6 is 0 Å². The van der Waals surface area contributed by atoms with E-state index < -0.39 is 36.8 Å². The van der Waals surface area contributed by atoms with Crippen LogP contribution in [0.1, 0.15) is 43.6 Å². The first-order chi connectivity index (χ1) is 12.4. The van der Waals surface area contributed by atoms with Gasteiger partial charge in [-0.25, -0.2) is 0 Å². The Bertz CT molecular complexity index is 662. The van der Waals surface area contributed by atoms with Crippen molar-refractivity contribution in [1.29, 1.82) is 0 Å². The van der Waals surface area contributed by atoms with E-state index in [0.29, 0.717) is 0 Å². The van der Waals surface area contributed by atoms with Gasteiger partial charge < -0.3 is 15.0 Å². The molecule has 0 atom stereocenters. The molecule has 150 valence electrons. The summed E-state index contributed by atoms with van der Waals surface area (Å²) in [5.41, 5.74) is -0.908. The molecule has 1 rings (SSSR count). The third kappa shape index (κ3) is 6.92. The lowest BCUT2D eigenvalue weighted by Gasteiger charge is -2.30. The van der Waals surface area contributed by atoms with Crippen molar-refractivity contribution in [3.8, 4) is 0 Å². The third-order valence-corrected chi connectivity index (χ3v) is 3.62. The lowest BCUT2D eigenvalue weighted by Crippen LogP contribution is -2.44. The molecule has 0 aliphatic carbocycles. The Morgan fingerprint density at radius 2 is 1.56 bits per heavy atom. The highest BCUT2D eigenvalue weighted by atomic mass is 19.4. The Balaban J connectivity index is 2.50. The first kappa shape index (κ1) is 22.5. The van der Waals surface area contributed by atoms with Gasteiger partial charge in [-0.2, -0.15) is 13.2 Å². The molecule has 0 fully saturated rings. The summed E-state index contributed by atoms with van der Waals surface area (Å²) in [6, 6.07) is 3.45. The van der Waals surface area contributed by atoms with Crippen LogP contribution in [0, 0.1) is 0 Å². The van der Waals surface area contributed by atoms with Gasteiger partial charge in [-0.05, 0) is 52.0 Å². The molecule has 1 aromatic carbocycles. The van der Waals surface area contributed by atoms with Crippen LogP contribution < -0.4 is 5.32 Å². The van der Waals surface area contributed by atoms with Crippen LogP contribution in [0.15, 0.2) is 24.3 Å². The van der Waals surface area contributed by atoms with Crippen LogP contribution in [-0.2, 0) is 20.5 Å². The van der Waals surface area contributed by atoms with Gasteiger partial charge in [0.2, 0.25) is 0 Å². The quantitative estimate of drug-likeness (QED) is 0.729. The van der Waals surface area contributed by atoms with Crippen molar-refractivity contribution in [3.63, 3.8) is 0 Å². The molecule has 2 amide bonds. The molecule has 0 aliphatic rings. The van der Waals surface area contributed by atoms with Gasteiger partial charge in [-0.15, -0.1) is 0 Å². The molecule has 0 aromatic heterocycles. The minimum atomic E-state index is -4.49. The highest BCUT2D eigenvalue weighted by Gasteiger charge is 2.30. The summed E-state index contributed by atoms with van der Waals surface area (Å²) < 4.78 is 42.3. The van der Waals surface area contributed by atoms with Crippen molar-refractivity contribution in [3.05, 3.63) is 35.4 Å². The van der Waals surface area contributed by atoms with Crippen molar-refractivity contribution in [2.75, 3.05) is 13.2 Å². The Kier molecular flexibility index (Phi) is 7.81. The molecule has 1 aromatic rings. The number of esters is 1. The third-order valence-electron chi connectivity index (χ3n) is 3.62. The van der Waals surface area contributed by atoms with Gasteiger partial charge in [0.25, 0.3) is 11.8 Å². The molecule has 0 saturated carbocycles. The predicted molar refractivity (Wildman–Crippen MR) is 91.9 cm³/mol. The van der Waals surface area contributed by atoms with Crippen LogP contribution in [-0.4, -0.2) is 47.9 Å². The summed E-state index contributed by atoms with van der Waals surface area (Å²) >= 11 is 0. The molecule has 0 heterocycles. The predicted octanol–water partition coefficient (Wildman–Crippen LogP) is 2.62. The van der Waals surface area contributed by atoms with E-state index in [2.05, 4.69) is 5.32 Å². The van der Waals surface area contributed by atoms with Gasteiger partial charge in [0.05, 0.1) is 5.56 Å². The number of hydrogen-bond acceptors (Lipinski definition) is 4. The number of hydrogen-bond donors (Lipinski definition) is 1. The number of halogens is 3. The van der Waals surface area contributed by atoms with Gasteiger partial charge in [0, 0.05) is 17.6 Å².